The van der Waals surface area contributed by atoms with Crippen LogP contribution in [0.4, 0.5) is 17.6 Å². The molecule has 1 heterocycles. The standard InChI is InChI=1S/C21H21F4NO6S/c1-12-8-13(22)4-5-15(12)32-14-9-26(10-14)20(27)18-16(31-11-21(23,24)25)6-7-17(19(18)30-2)33(3,28)29/h4-8,14H,9-11H2,1-3H3. The molecule has 0 spiro atoms. The van der Waals surface area contributed by atoms with Gasteiger partial charge in [-0.2, -0.15) is 13.2 Å². The summed E-state index contributed by atoms with van der Waals surface area (Å²) >= 11 is 0. The normalized spacial score (nSPS) is 14.6. The highest BCUT2D eigenvalue weighted by molar-refractivity contribution is 7.90. The van der Waals surface area contributed by atoms with Gasteiger partial charge >= 0.3 is 6.18 Å². The molecule has 1 fully saturated rings. The van der Waals surface area contributed by atoms with E-state index >= 15 is 0 Å². The number of methoxy groups -OCH3 is 1. The van der Waals surface area contributed by atoms with Crippen LogP contribution >= 0.6 is 0 Å². The van der Waals surface area contributed by atoms with E-state index in [0.29, 0.717) is 11.3 Å². The van der Waals surface area contributed by atoms with Crippen LogP contribution in [0, 0.1) is 12.7 Å². The third-order valence-electron chi connectivity index (χ3n) is 4.86. The van der Waals surface area contributed by atoms with Gasteiger partial charge in [-0.25, -0.2) is 12.8 Å². The molecule has 1 aliphatic rings. The zero-order valence-corrected chi connectivity index (χ0v) is 18.7. The first-order chi connectivity index (χ1) is 15.3. The Morgan fingerprint density at radius 1 is 1.15 bits per heavy atom. The van der Waals surface area contributed by atoms with Gasteiger partial charge in [0.05, 0.1) is 20.2 Å². The van der Waals surface area contributed by atoms with Crippen molar-refractivity contribution in [2.24, 2.45) is 0 Å². The van der Waals surface area contributed by atoms with Crippen molar-refractivity contribution in [3.05, 3.63) is 47.3 Å². The van der Waals surface area contributed by atoms with Crippen molar-refractivity contribution in [2.75, 3.05) is 33.1 Å². The minimum atomic E-state index is -4.67. The first kappa shape index (κ1) is 24.6. The minimum absolute atomic E-state index is 0.0701. The summed E-state index contributed by atoms with van der Waals surface area (Å²) in [6, 6.07) is 6.00. The third kappa shape index (κ3) is 5.67. The number of benzene rings is 2. The first-order valence-corrected chi connectivity index (χ1v) is 11.5. The Balaban J connectivity index is 1.86. The van der Waals surface area contributed by atoms with Crippen molar-refractivity contribution in [3.63, 3.8) is 0 Å². The summed E-state index contributed by atoms with van der Waals surface area (Å²) in [5, 5.41) is 0. The molecule has 0 saturated carbocycles. The van der Waals surface area contributed by atoms with E-state index < -0.39 is 57.5 Å². The van der Waals surface area contributed by atoms with E-state index in [-0.39, 0.29) is 18.0 Å². The number of ether oxygens (including phenoxy) is 3. The van der Waals surface area contributed by atoms with Gasteiger partial charge in [0.15, 0.2) is 22.2 Å². The van der Waals surface area contributed by atoms with Gasteiger partial charge in [0.2, 0.25) is 0 Å². The van der Waals surface area contributed by atoms with Crippen LogP contribution in [-0.2, 0) is 9.84 Å². The Morgan fingerprint density at radius 3 is 2.33 bits per heavy atom. The van der Waals surface area contributed by atoms with E-state index in [9.17, 15) is 30.8 Å². The highest BCUT2D eigenvalue weighted by atomic mass is 32.2. The summed E-state index contributed by atoms with van der Waals surface area (Å²) in [4.78, 5) is 14.0. The van der Waals surface area contributed by atoms with Crippen molar-refractivity contribution in [1.82, 2.24) is 4.90 Å². The van der Waals surface area contributed by atoms with Crippen LogP contribution < -0.4 is 14.2 Å². The van der Waals surface area contributed by atoms with E-state index in [4.69, 9.17) is 14.2 Å². The average molecular weight is 491 g/mol. The maximum Gasteiger partial charge on any atom is 0.422 e. The molecular weight excluding hydrogens is 470 g/mol. The Bertz CT molecular complexity index is 1160. The molecule has 0 atom stereocenters. The van der Waals surface area contributed by atoms with Crippen LogP contribution in [0.3, 0.4) is 0 Å². The fourth-order valence-corrected chi connectivity index (χ4v) is 4.12. The number of likely N-dealkylation sites (tertiary alicyclic amines) is 1. The van der Waals surface area contributed by atoms with Crippen LogP contribution in [0.15, 0.2) is 35.2 Å². The van der Waals surface area contributed by atoms with Crippen LogP contribution in [-0.4, -0.2) is 64.6 Å². The zero-order chi connectivity index (χ0) is 24.6. The number of alkyl halides is 3. The second kappa shape index (κ2) is 9.08. The van der Waals surface area contributed by atoms with Gasteiger partial charge in [0.1, 0.15) is 33.9 Å². The van der Waals surface area contributed by atoms with Gasteiger partial charge in [-0.15, -0.1) is 0 Å². The van der Waals surface area contributed by atoms with E-state index in [1.165, 1.54) is 23.1 Å². The quantitative estimate of drug-likeness (QED) is 0.553. The molecule has 33 heavy (non-hydrogen) atoms. The second-order valence-electron chi connectivity index (χ2n) is 7.51. The number of aryl methyl sites for hydroxylation is 1. The summed E-state index contributed by atoms with van der Waals surface area (Å²) in [7, 11) is -2.76. The lowest BCUT2D eigenvalue weighted by Crippen LogP contribution is -2.56. The number of rotatable bonds is 7. The fourth-order valence-electron chi connectivity index (χ4n) is 3.28. The van der Waals surface area contributed by atoms with E-state index in [1.807, 2.05) is 0 Å². The molecule has 1 aliphatic heterocycles. The maximum atomic E-state index is 13.3. The van der Waals surface area contributed by atoms with Crippen molar-refractivity contribution in [3.8, 4) is 17.2 Å². The Morgan fingerprint density at radius 2 is 1.79 bits per heavy atom. The fraction of sp³-hybridized carbons (Fsp3) is 0.381. The van der Waals surface area contributed by atoms with Crippen LogP contribution in [0.5, 0.6) is 17.2 Å². The molecule has 0 aromatic heterocycles. The minimum Gasteiger partial charge on any atom is -0.494 e. The Kier molecular flexibility index (Phi) is 6.78. The maximum absolute atomic E-state index is 13.3. The number of nitrogens with zero attached hydrogens (tertiary/aromatic N) is 1. The van der Waals surface area contributed by atoms with Crippen molar-refractivity contribution >= 4 is 15.7 Å². The summed E-state index contributed by atoms with van der Waals surface area (Å²) in [5.74, 6) is -1.62. The lowest BCUT2D eigenvalue weighted by atomic mass is 10.1. The summed E-state index contributed by atoms with van der Waals surface area (Å²) in [5.41, 5.74) is 0.131. The molecule has 7 nitrogen and oxygen atoms in total. The third-order valence-corrected chi connectivity index (χ3v) is 5.98. The first-order valence-electron chi connectivity index (χ1n) is 9.63. The number of carbonyl (C=O) groups is 1. The second-order valence-corrected chi connectivity index (χ2v) is 9.49. The number of hydrogen-bond donors (Lipinski definition) is 0. The van der Waals surface area contributed by atoms with Gasteiger partial charge in [0.25, 0.3) is 5.91 Å². The van der Waals surface area contributed by atoms with E-state index in [1.54, 1.807) is 6.92 Å². The van der Waals surface area contributed by atoms with Crippen molar-refractivity contribution < 1.29 is 45.0 Å². The van der Waals surface area contributed by atoms with Crippen molar-refractivity contribution in [2.45, 2.75) is 24.1 Å². The molecule has 0 N–H and O–H groups in total. The monoisotopic (exact) mass is 491 g/mol. The van der Waals surface area contributed by atoms with Crippen LogP contribution in [0.2, 0.25) is 0 Å². The SMILES string of the molecule is COc1c(S(C)(=O)=O)ccc(OCC(F)(F)F)c1C(=O)N1CC(Oc2ccc(F)cc2C)C1. The smallest absolute Gasteiger partial charge is 0.422 e. The van der Waals surface area contributed by atoms with Gasteiger partial charge in [-0.3, -0.25) is 4.79 Å². The lowest BCUT2D eigenvalue weighted by Gasteiger charge is -2.39. The van der Waals surface area contributed by atoms with Gasteiger partial charge < -0.3 is 19.1 Å². The van der Waals surface area contributed by atoms with Crippen molar-refractivity contribution in [1.29, 1.82) is 0 Å². The lowest BCUT2D eigenvalue weighted by molar-refractivity contribution is -0.153. The summed E-state index contributed by atoms with van der Waals surface area (Å²) < 4.78 is 91.2. The number of hydrogen-bond acceptors (Lipinski definition) is 6. The van der Waals surface area contributed by atoms with Gasteiger partial charge in [-0.1, -0.05) is 0 Å². The largest absolute Gasteiger partial charge is 0.494 e. The molecular formula is C21H21F4NO6S. The predicted molar refractivity (Wildman–Crippen MR) is 109 cm³/mol. The van der Waals surface area contributed by atoms with E-state index in [2.05, 4.69) is 0 Å². The Labute approximate surface area is 187 Å². The molecule has 2 aromatic rings. The molecule has 2 aromatic carbocycles. The number of sulfone groups is 1. The molecule has 3 rings (SSSR count). The highest BCUT2D eigenvalue weighted by Crippen LogP contribution is 2.38. The van der Waals surface area contributed by atoms with Crippen LogP contribution in [0.25, 0.3) is 0 Å². The number of amides is 1. The van der Waals surface area contributed by atoms with Crippen LogP contribution in [0.1, 0.15) is 15.9 Å². The van der Waals surface area contributed by atoms with Gasteiger partial charge in [0, 0.05) is 6.26 Å². The number of halogens is 4. The Hall–Kier alpha value is -3.02. The number of carbonyl (C=O) groups excluding carboxylic acids is 1. The highest BCUT2D eigenvalue weighted by Gasteiger charge is 2.38. The topological polar surface area (TPSA) is 82.1 Å². The molecule has 1 saturated heterocycles. The summed E-state index contributed by atoms with van der Waals surface area (Å²) in [6.07, 6.45) is -4.23. The predicted octanol–water partition coefficient (Wildman–Crippen LogP) is 3.39. The van der Waals surface area contributed by atoms with E-state index in [0.717, 1.165) is 25.5 Å². The van der Waals surface area contributed by atoms with Gasteiger partial charge in [-0.05, 0) is 42.8 Å². The molecule has 0 bridgehead atoms. The molecule has 12 heteroatoms. The molecule has 1 amide bonds. The molecule has 0 unspecified atom stereocenters. The molecule has 0 radical (unpaired) electrons. The zero-order valence-electron chi connectivity index (χ0n) is 17.9. The average Bonchev–Trinajstić information content (AvgIpc) is 2.67. The summed E-state index contributed by atoms with van der Waals surface area (Å²) in [6.45, 7) is 0.122. The molecule has 0 aliphatic carbocycles. The molecule has 180 valence electrons.